The number of benzene rings is 2. The van der Waals surface area contributed by atoms with Crippen molar-refractivity contribution in [1.29, 1.82) is 0 Å². The van der Waals surface area contributed by atoms with Crippen molar-refractivity contribution in [1.82, 2.24) is 5.32 Å². The topological polar surface area (TPSA) is 21.3 Å². The quantitative estimate of drug-likeness (QED) is 0.599. The predicted molar refractivity (Wildman–Crippen MR) is 113 cm³/mol. The van der Waals surface area contributed by atoms with Gasteiger partial charge >= 0.3 is 0 Å². The molecule has 2 aromatic carbocycles. The maximum Gasteiger partial charge on any atom is 0.119 e. The summed E-state index contributed by atoms with van der Waals surface area (Å²) >= 11 is 1.78. The van der Waals surface area contributed by atoms with Crippen LogP contribution in [0.4, 0.5) is 0 Å². The molecule has 0 radical (unpaired) electrons. The molecule has 0 bridgehead atoms. The third kappa shape index (κ3) is 4.88. The van der Waals surface area contributed by atoms with Gasteiger partial charge in [-0.2, -0.15) is 0 Å². The van der Waals surface area contributed by atoms with Gasteiger partial charge in [-0.3, -0.25) is 0 Å². The highest BCUT2D eigenvalue weighted by molar-refractivity contribution is 7.13. The summed E-state index contributed by atoms with van der Waals surface area (Å²) < 4.78 is 5.89. The van der Waals surface area contributed by atoms with Gasteiger partial charge in [0.2, 0.25) is 0 Å². The average molecular weight is 386 g/mol. The van der Waals surface area contributed by atoms with E-state index in [1.165, 1.54) is 34.4 Å². The summed E-state index contributed by atoms with van der Waals surface area (Å²) in [6.07, 6.45) is 3.44. The van der Waals surface area contributed by atoms with Gasteiger partial charge < -0.3 is 10.1 Å². The molecule has 3 aromatic rings. The molecular weight excluding hydrogens is 362 g/mol. The summed E-state index contributed by atoms with van der Waals surface area (Å²) in [5.41, 5.74) is 3.95. The average Bonchev–Trinajstić information content (AvgIpc) is 3.36. The smallest absolute Gasteiger partial charge is 0.119 e. The van der Waals surface area contributed by atoms with Crippen LogP contribution < -0.4 is 10.1 Å². The number of thiophene rings is 1. The molecule has 0 spiro atoms. The minimum atomic E-state index is 0. The van der Waals surface area contributed by atoms with Crippen molar-refractivity contribution >= 4 is 23.7 Å². The third-order valence-electron chi connectivity index (χ3n) is 4.70. The van der Waals surface area contributed by atoms with Gasteiger partial charge in [0.05, 0.1) is 0 Å². The SMILES string of the molecule is Cl.c1csc(-c2ccc(Cc3ccc(OC[C@@H]4CCCN4)cc3)cc2)c1. The van der Waals surface area contributed by atoms with Crippen LogP contribution in [0.5, 0.6) is 5.75 Å². The highest BCUT2D eigenvalue weighted by atomic mass is 35.5. The maximum absolute atomic E-state index is 5.89. The lowest BCUT2D eigenvalue weighted by molar-refractivity contribution is 0.277. The Balaban J connectivity index is 0.00000196. The Hall–Kier alpha value is -1.81. The monoisotopic (exact) mass is 385 g/mol. The van der Waals surface area contributed by atoms with E-state index in [-0.39, 0.29) is 12.4 Å². The Morgan fingerprint density at radius 2 is 1.69 bits per heavy atom. The molecule has 1 fully saturated rings. The van der Waals surface area contributed by atoms with Crippen molar-refractivity contribution in [3.8, 4) is 16.2 Å². The molecule has 1 aliphatic heterocycles. The lowest BCUT2D eigenvalue weighted by atomic mass is 10.0. The second-order valence-corrected chi connectivity index (χ2v) is 7.55. The molecule has 26 heavy (non-hydrogen) atoms. The second-order valence-electron chi connectivity index (χ2n) is 6.60. The van der Waals surface area contributed by atoms with Gasteiger partial charge in [-0.05, 0) is 66.1 Å². The van der Waals surface area contributed by atoms with Crippen LogP contribution in [0, 0.1) is 0 Å². The number of hydrogen-bond acceptors (Lipinski definition) is 3. The molecule has 1 N–H and O–H groups in total. The number of nitrogens with one attached hydrogen (secondary N) is 1. The van der Waals surface area contributed by atoms with E-state index in [2.05, 4.69) is 71.4 Å². The van der Waals surface area contributed by atoms with Crippen molar-refractivity contribution in [2.75, 3.05) is 13.2 Å². The van der Waals surface area contributed by atoms with Crippen LogP contribution in [0.2, 0.25) is 0 Å². The van der Waals surface area contributed by atoms with Crippen molar-refractivity contribution in [2.24, 2.45) is 0 Å². The number of halogens is 1. The van der Waals surface area contributed by atoms with Crippen LogP contribution in [0.1, 0.15) is 24.0 Å². The van der Waals surface area contributed by atoms with Gasteiger partial charge in [-0.25, -0.2) is 0 Å². The summed E-state index contributed by atoms with van der Waals surface area (Å²) in [5, 5.41) is 5.58. The third-order valence-corrected chi connectivity index (χ3v) is 5.62. The maximum atomic E-state index is 5.89. The van der Waals surface area contributed by atoms with Gasteiger partial charge in [0.15, 0.2) is 0 Å². The Morgan fingerprint density at radius 3 is 2.31 bits per heavy atom. The van der Waals surface area contributed by atoms with Crippen molar-refractivity contribution in [3.63, 3.8) is 0 Å². The lowest BCUT2D eigenvalue weighted by Gasteiger charge is -2.12. The van der Waals surface area contributed by atoms with Crippen molar-refractivity contribution in [3.05, 3.63) is 77.2 Å². The van der Waals surface area contributed by atoms with E-state index in [4.69, 9.17) is 4.74 Å². The first-order valence-electron chi connectivity index (χ1n) is 8.95. The van der Waals surface area contributed by atoms with E-state index < -0.39 is 0 Å². The summed E-state index contributed by atoms with van der Waals surface area (Å²) in [7, 11) is 0. The predicted octanol–water partition coefficient (Wildman–Crippen LogP) is 5.56. The number of rotatable bonds is 6. The largest absolute Gasteiger partial charge is 0.492 e. The zero-order valence-corrected chi connectivity index (χ0v) is 16.3. The van der Waals surface area contributed by atoms with Crippen LogP contribution in [-0.2, 0) is 6.42 Å². The fraction of sp³-hybridized carbons (Fsp3) is 0.273. The molecule has 1 aromatic heterocycles. The lowest BCUT2D eigenvalue weighted by Crippen LogP contribution is -2.28. The molecule has 2 nitrogen and oxygen atoms in total. The second kappa shape index (κ2) is 9.22. The molecule has 0 amide bonds. The van der Waals surface area contributed by atoms with E-state index in [0.29, 0.717) is 6.04 Å². The molecule has 4 rings (SSSR count). The molecule has 1 aliphatic rings. The fourth-order valence-electron chi connectivity index (χ4n) is 3.26. The first-order chi connectivity index (χ1) is 12.4. The molecule has 0 saturated carbocycles. The van der Waals surface area contributed by atoms with Crippen molar-refractivity contribution < 1.29 is 4.74 Å². The minimum Gasteiger partial charge on any atom is -0.492 e. The molecule has 4 heteroatoms. The summed E-state index contributed by atoms with van der Waals surface area (Å²) in [4.78, 5) is 1.32. The molecule has 1 atom stereocenters. The van der Waals surface area contributed by atoms with Crippen LogP contribution in [0.25, 0.3) is 10.4 Å². The summed E-state index contributed by atoms with van der Waals surface area (Å²) in [5.74, 6) is 0.963. The standard InChI is InChI=1S/C22H23NOS.ClH/c1-3-20(23-13-1)16-24-21-11-7-18(8-12-21)15-17-5-9-19(10-6-17)22-4-2-14-25-22;/h2,4-12,14,20,23H,1,3,13,15-16H2;1H/t20-;/m0./s1. The van der Waals surface area contributed by atoms with Crippen LogP contribution in [0.15, 0.2) is 66.0 Å². The van der Waals surface area contributed by atoms with E-state index in [0.717, 1.165) is 25.3 Å². The Bertz CT molecular complexity index is 778. The zero-order valence-electron chi connectivity index (χ0n) is 14.7. The molecule has 0 aliphatic carbocycles. The Morgan fingerprint density at radius 1 is 0.962 bits per heavy atom. The normalized spacial score (nSPS) is 16.2. The highest BCUT2D eigenvalue weighted by Gasteiger charge is 2.14. The first-order valence-corrected chi connectivity index (χ1v) is 9.83. The van der Waals surface area contributed by atoms with E-state index in [1.807, 2.05) is 0 Å². The van der Waals surface area contributed by atoms with Gasteiger partial charge in [0.1, 0.15) is 12.4 Å². The zero-order chi connectivity index (χ0) is 16.9. The summed E-state index contributed by atoms with van der Waals surface area (Å²) in [6, 6.07) is 22.2. The van der Waals surface area contributed by atoms with Crippen molar-refractivity contribution in [2.45, 2.75) is 25.3 Å². The Kier molecular flexibility index (Phi) is 6.73. The van der Waals surface area contributed by atoms with Gasteiger partial charge in [0.25, 0.3) is 0 Å². The van der Waals surface area contributed by atoms with Gasteiger partial charge in [-0.15, -0.1) is 23.7 Å². The van der Waals surface area contributed by atoms with E-state index >= 15 is 0 Å². The number of hydrogen-bond donors (Lipinski definition) is 1. The number of ether oxygens (including phenoxy) is 1. The fourth-order valence-corrected chi connectivity index (χ4v) is 4.00. The highest BCUT2D eigenvalue weighted by Crippen LogP contribution is 2.25. The van der Waals surface area contributed by atoms with Gasteiger partial charge in [0, 0.05) is 10.9 Å². The molecule has 1 saturated heterocycles. The summed E-state index contributed by atoms with van der Waals surface area (Å²) in [6.45, 7) is 1.89. The molecule has 2 heterocycles. The van der Waals surface area contributed by atoms with Crippen LogP contribution in [-0.4, -0.2) is 19.2 Å². The van der Waals surface area contributed by atoms with Gasteiger partial charge in [-0.1, -0.05) is 42.5 Å². The van der Waals surface area contributed by atoms with E-state index in [1.54, 1.807) is 11.3 Å². The molecular formula is C22H24ClNOS. The first kappa shape index (κ1) is 19.0. The molecule has 0 unspecified atom stereocenters. The van der Waals surface area contributed by atoms with Crippen LogP contribution in [0.3, 0.4) is 0 Å². The minimum absolute atomic E-state index is 0. The van der Waals surface area contributed by atoms with E-state index in [9.17, 15) is 0 Å². The Labute approximate surface area is 165 Å². The van der Waals surface area contributed by atoms with Crippen LogP contribution >= 0.6 is 23.7 Å². The molecule has 136 valence electrons.